The number of benzene rings is 2. The Hall–Kier alpha value is -3.65. The van der Waals surface area contributed by atoms with Gasteiger partial charge in [0.15, 0.2) is 11.5 Å². The van der Waals surface area contributed by atoms with Crippen molar-refractivity contribution in [1.82, 2.24) is 15.1 Å². The summed E-state index contributed by atoms with van der Waals surface area (Å²) in [6.45, 7) is 3.18. The number of urea groups is 1. The Morgan fingerprint density at radius 3 is 2.24 bits per heavy atom. The maximum Gasteiger partial charge on any atom is 0.490 e. The molecule has 2 aliphatic heterocycles. The van der Waals surface area contributed by atoms with Crippen molar-refractivity contribution in [2.45, 2.75) is 68.2 Å². The summed E-state index contributed by atoms with van der Waals surface area (Å²) in [5, 5.41) is 12.7. The third-order valence-corrected chi connectivity index (χ3v) is 9.17. The Morgan fingerprint density at radius 2 is 1.62 bits per heavy atom. The molecule has 14 heteroatoms. The highest BCUT2D eigenvalue weighted by Gasteiger charge is 2.53. The summed E-state index contributed by atoms with van der Waals surface area (Å²) in [5.41, 5.74) is 1.04. The zero-order chi connectivity index (χ0) is 32.9. The van der Waals surface area contributed by atoms with Gasteiger partial charge in [-0.05, 0) is 95.0 Å². The number of piperidine rings is 1. The number of fused-ring (bicyclic) bond motifs is 1. The number of hydrogen-bond donors (Lipinski definition) is 3. The zero-order valence-corrected chi connectivity index (χ0v) is 25.4. The van der Waals surface area contributed by atoms with Gasteiger partial charge in [-0.25, -0.2) is 18.4 Å². The molecule has 3 N–H and O–H groups in total. The van der Waals surface area contributed by atoms with Gasteiger partial charge in [-0.1, -0.05) is 6.07 Å². The number of carbonyl (C=O) groups excluding carboxylic acids is 1. The minimum atomic E-state index is -5.08. The molecule has 2 aromatic rings. The molecule has 3 fully saturated rings. The molecule has 1 aliphatic carbocycles. The Morgan fingerprint density at radius 1 is 0.956 bits per heavy atom. The van der Waals surface area contributed by atoms with Gasteiger partial charge in [0.1, 0.15) is 11.6 Å². The lowest BCUT2D eigenvalue weighted by atomic mass is 9.65. The molecule has 2 aromatic carbocycles. The van der Waals surface area contributed by atoms with Crippen LogP contribution in [-0.4, -0.2) is 92.1 Å². The van der Waals surface area contributed by atoms with Crippen LogP contribution in [-0.2, 0) is 10.2 Å². The largest absolute Gasteiger partial charge is 0.493 e. The fourth-order valence-electron chi connectivity index (χ4n) is 6.90. The number of carbonyl (C=O) groups is 2. The van der Waals surface area contributed by atoms with E-state index in [0.717, 1.165) is 82.1 Å². The monoisotopic (exact) mass is 642 g/mol. The van der Waals surface area contributed by atoms with E-state index in [1.54, 1.807) is 14.2 Å². The van der Waals surface area contributed by atoms with Gasteiger partial charge in [0.05, 0.1) is 19.9 Å². The van der Waals surface area contributed by atoms with Gasteiger partial charge in [-0.2, -0.15) is 13.2 Å². The number of carboxylic acid groups (broad SMARTS) is 1. The fourth-order valence-corrected chi connectivity index (χ4v) is 6.90. The number of aliphatic carboxylic acids is 1. The molecule has 45 heavy (non-hydrogen) atoms. The molecule has 248 valence electrons. The van der Waals surface area contributed by atoms with Crippen molar-refractivity contribution in [3.05, 3.63) is 53.6 Å². The summed E-state index contributed by atoms with van der Waals surface area (Å²) < 4.78 is 70.6. The van der Waals surface area contributed by atoms with Gasteiger partial charge >= 0.3 is 18.2 Å². The molecule has 9 nitrogen and oxygen atoms in total. The van der Waals surface area contributed by atoms with Crippen molar-refractivity contribution in [2.75, 3.05) is 46.2 Å². The second-order valence-electron chi connectivity index (χ2n) is 11.8. The van der Waals surface area contributed by atoms with Gasteiger partial charge in [-0.15, -0.1) is 0 Å². The first-order valence-electron chi connectivity index (χ1n) is 14.8. The maximum atomic E-state index is 14.1. The molecular formula is C31H39F5N4O5. The number of anilines is 1. The van der Waals surface area contributed by atoms with Crippen LogP contribution in [0.4, 0.5) is 32.4 Å². The van der Waals surface area contributed by atoms with Crippen molar-refractivity contribution in [1.29, 1.82) is 0 Å². The number of methoxy groups -OCH3 is 2. The van der Waals surface area contributed by atoms with Crippen molar-refractivity contribution < 1.29 is 46.1 Å². The minimum Gasteiger partial charge on any atom is -0.493 e. The number of ether oxygens (including phenoxy) is 2. The Labute approximate surface area is 258 Å². The van der Waals surface area contributed by atoms with Crippen LogP contribution in [0.5, 0.6) is 11.5 Å². The van der Waals surface area contributed by atoms with E-state index >= 15 is 0 Å². The lowest BCUT2D eigenvalue weighted by Crippen LogP contribution is -2.56. The number of nitrogens with one attached hydrogen (secondary N) is 2. The molecule has 0 spiro atoms. The van der Waals surface area contributed by atoms with Gasteiger partial charge in [0, 0.05) is 29.6 Å². The smallest absolute Gasteiger partial charge is 0.490 e. The van der Waals surface area contributed by atoms with Crippen LogP contribution in [0.2, 0.25) is 0 Å². The molecule has 2 amide bonds. The van der Waals surface area contributed by atoms with E-state index < -0.39 is 29.8 Å². The third-order valence-electron chi connectivity index (χ3n) is 9.17. The molecular weight excluding hydrogens is 603 g/mol. The Bertz CT molecular complexity index is 1350. The SMILES string of the molecule is COc1ccc([C@@]23CC[C@@H](NC(=O)Nc4cc(F)ccc4F)C[C@@H]2N(C2CCN(C)CC2)CC3)cc1OC.O=C(O)C(F)(F)F. The van der Waals surface area contributed by atoms with Gasteiger partial charge in [0.25, 0.3) is 0 Å². The van der Waals surface area contributed by atoms with Crippen LogP contribution in [0.1, 0.15) is 44.1 Å². The van der Waals surface area contributed by atoms with Crippen molar-refractivity contribution in [3.8, 4) is 11.5 Å². The normalized spacial score (nSPS) is 24.2. The summed E-state index contributed by atoms with van der Waals surface area (Å²) >= 11 is 0. The highest BCUT2D eigenvalue weighted by Crippen LogP contribution is 2.51. The van der Waals surface area contributed by atoms with E-state index in [4.69, 9.17) is 19.4 Å². The first-order valence-corrected chi connectivity index (χ1v) is 14.8. The fraction of sp³-hybridized carbons (Fsp3) is 0.548. The number of halogens is 5. The average Bonchev–Trinajstić information content (AvgIpc) is 3.38. The van der Waals surface area contributed by atoms with Crippen LogP contribution in [0.3, 0.4) is 0 Å². The van der Waals surface area contributed by atoms with E-state index in [1.807, 2.05) is 6.07 Å². The summed E-state index contributed by atoms with van der Waals surface area (Å²) in [4.78, 5) is 26.8. The number of nitrogens with zero attached hydrogens (tertiary/aromatic N) is 2. The highest BCUT2D eigenvalue weighted by molar-refractivity contribution is 5.89. The standard InChI is InChI=1S/C29H38F2N4O3.C2HF3O2/c1-34-13-9-22(10-14-34)35-15-12-29(19-4-7-25(37-2)26(16-19)38-3)11-8-21(18-27(29)35)32-28(36)33-24-17-20(30)5-6-23(24)31;3-2(4,5)1(6)7/h4-7,16-17,21-22,27H,8-15,18H2,1-3H3,(H2,32,33,36);(H,6,7)/t21-,27+,29+;/m1./s1. The number of carboxylic acids is 1. The van der Waals surface area contributed by atoms with Crippen molar-refractivity contribution in [2.24, 2.45) is 0 Å². The molecule has 0 aromatic heterocycles. The molecule has 3 atom stereocenters. The average molecular weight is 643 g/mol. The Kier molecular flexibility index (Phi) is 10.8. The molecule has 5 rings (SSSR count). The summed E-state index contributed by atoms with van der Waals surface area (Å²) in [6.07, 6.45) is 0.728. The molecule has 1 saturated carbocycles. The molecule has 3 aliphatic rings. The van der Waals surface area contributed by atoms with Crippen molar-refractivity contribution >= 4 is 17.7 Å². The number of hydrogen-bond acceptors (Lipinski definition) is 6. The van der Waals surface area contributed by atoms with Crippen molar-refractivity contribution in [3.63, 3.8) is 0 Å². The summed E-state index contributed by atoms with van der Waals surface area (Å²) in [6, 6.07) is 9.49. The molecule has 0 bridgehead atoms. The number of alkyl halides is 3. The number of rotatable bonds is 6. The van der Waals surface area contributed by atoms with Crippen LogP contribution >= 0.6 is 0 Å². The molecule has 2 saturated heterocycles. The van der Waals surface area contributed by atoms with E-state index in [2.05, 4.69) is 39.6 Å². The van der Waals surface area contributed by atoms with Gasteiger partial charge < -0.3 is 30.1 Å². The maximum absolute atomic E-state index is 14.1. The van der Waals surface area contributed by atoms with Crippen LogP contribution in [0.25, 0.3) is 0 Å². The van der Waals surface area contributed by atoms with Crippen LogP contribution in [0, 0.1) is 11.6 Å². The second-order valence-corrected chi connectivity index (χ2v) is 11.8. The van der Waals surface area contributed by atoms with Gasteiger partial charge in [0.2, 0.25) is 0 Å². The third kappa shape index (κ3) is 7.96. The lowest BCUT2D eigenvalue weighted by Gasteiger charge is -2.48. The quantitative estimate of drug-likeness (QED) is 0.363. The molecule has 0 radical (unpaired) electrons. The number of amides is 2. The predicted octanol–water partition coefficient (Wildman–Crippen LogP) is 5.40. The van der Waals surface area contributed by atoms with E-state index in [9.17, 15) is 26.7 Å². The topological polar surface area (TPSA) is 103 Å². The van der Waals surface area contributed by atoms with Gasteiger partial charge in [-0.3, -0.25) is 4.90 Å². The highest BCUT2D eigenvalue weighted by atomic mass is 19.4. The summed E-state index contributed by atoms with van der Waals surface area (Å²) in [7, 11) is 5.49. The molecule has 2 heterocycles. The zero-order valence-electron chi connectivity index (χ0n) is 25.4. The van der Waals surface area contributed by atoms with E-state index in [0.29, 0.717) is 11.8 Å². The second kappa shape index (κ2) is 14.2. The predicted molar refractivity (Wildman–Crippen MR) is 157 cm³/mol. The van der Waals surface area contributed by atoms with E-state index in [1.165, 1.54) is 5.56 Å². The van der Waals surface area contributed by atoms with Crippen LogP contribution < -0.4 is 20.1 Å². The first-order chi connectivity index (χ1) is 21.3. The number of likely N-dealkylation sites (tertiary alicyclic amines) is 2. The first kappa shape index (κ1) is 34.2. The Balaban J connectivity index is 0.000000591. The van der Waals surface area contributed by atoms with E-state index in [-0.39, 0.29) is 23.2 Å². The summed E-state index contributed by atoms with van der Waals surface area (Å²) in [5.74, 6) is -2.58. The lowest BCUT2D eigenvalue weighted by molar-refractivity contribution is -0.192. The minimum absolute atomic E-state index is 0.0494. The molecule has 0 unspecified atom stereocenters. The van der Waals surface area contributed by atoms with Crippen LogP contribution in [0.15, 0.2) is 36.4 Å².